The van der Waals surface area contributed by atoms with Crippen molar-refractivity contribution in [3.63, 3.8) is 0 Å². The van der Waals surface area contributed by atoms with Gasteiger partial charge in [-0.05, 0) is 62.6 Å². The first-order valence-electron chi connectivity index (χ1n) is 11.8. The van der Waals surface area contributed by atoms with E-state index in [2.05, 4.69) is 45.0 Å². The van der Waals surface area contributed by atoms with Crippen LogP contribution in [0.3, 0.4) is 0 Å². The monoisotopic (exact) mass is 443 g/mol. The number of hydrogen-bond acceptors (Lipinski definition) is 5. The summed E-state index contributed by atoms with van der Waals surface area (Å²) in [7, 11) is 0. The lowest BCUT2D eigenvalue weighted by molar-refractivity contribution is -0.163. The van der Waals surface area contributed by atoms with Crippen molar-refractivity contribution >= 4 is 5.97 Å². The van der Waals surface area contributed by atoms with Crippen LogP contribution in [0.15, 0.2) is 28.7 Å². The summed E-state index contributed by atoms with van der Waals surface area (Å²) in [5, 5.41) is 9.24. The summed E-state index contributed by atoms with van der Waals surface area (Å²) < 4.78 is 17.9. The molecule has 0 bridgehead atoms. The van der Waals surface area contributed by atoms with Crippen molar-refractivity contribution in [3.8, 4) is 11.5 Å². The van der Waals surface area contributed by atoms with Crippen LogP contribution < -0.4 is 0 Å². The van der Waals surface area contributed by atoms with Crippen LogP contribution in [0.4, 0.5) is 0 Å². The maximum Gasteiger partial charge on any atom is 0.335 e. The highest BCUT2D eigenvalue weighted by molar-refractivity contribution is 5.76. The Labute approximate surface area is 191 Å². The second-order valence-electron chi connectivity index (χ2n) is 9.61. The minimum Gasteiger partial charge on any atom is -0.479 e. The van der Waals surface area contributed by atoms with Gasteiger partial charge in [-0.15, -0.1) is 0 Å². The zero-order chi connectivity index (χ0) is 23.3. The third kappa shape index (κ3) is 6.20. The van der Waals surface area contributed by atoms with E-state index in [1.807, 2.05) is 0 Å². The lowest BCUT2D eigenvalue weighted by Crippen LogP contribution is -2.37. The zero-order valence-electron chi connectivity index (χ0n) is 20.0. The third-order valence-electron chi connectivity index (χ3n) is 6.31. The number of carboxylic acid groups (broad SMARTS) is 1. The Hall–Kier alpha value is -2.18. The van der Waals surface area contributed by atoms with Crippen LogP contribution in [0, 0.1) is 5.92 Å². The lowest BCUT2D eigenvalue weighted by atomic mass is 9.87. The Balaban J connectivity index is 1.58. The number of carbonyl (C=O) groups is 1. The Morgan fingerprint density at radius 2 is 1.97 bits per heavy atom. The number of nitrogens with zero attached hydrogens (tertiary/aromatic N) is 1. The number of rotatable bonds is 10. The van der Waals surface area contributed by atoms with Crippen molar-refractivity contribution in [1.82, 2.24) is 4.98 Å². The number of benzene rings is 1. The van der Waals surface area contributed by atoms with Crippen molar-refractivity contribution < 1.29 is 23.8 Å². The highest BCUT2D eigenvalue weighted by atomic mass is 16.5. The average molecular weight is 444 g/mol. The first kappa shape index (κ1) is 24.5. The molecular weight excluding hydrogens is 406 g/mol. The van der Waals surface area contributed by atoms with Gasteiger partial charge in [-0.1, -0.05) is 39.3 Å². The van der Waals surface area contributed by atoms with Crippen LogP contribution >= 0.6 is 0 Å². The van der Waals surface area contributed by atoms with Crippen molar-refractivity contribution in [2.24, 2.45) is 5.92 Å². The van der Waals surface area contributed by atoms with Gasteiger partial charge in [-0.25, -0.2) is 9.78 Å². The standard InChI is InChI=1S/C26H37NO5/c1-6-23-22(27-24(32-23)20-12-10-19(11-13-20)17(2)3)16-30-21-9-7-8-18(14-21)15-31-26(4,5)25(28)29/h10-13,17-18,21H,6-9,14-16H2,1-5H3,(H,28,29)/t18?,21-/m0/s1. The summed E-state index contributed by atoms with van der Waals surface area (Å²) in [5.74, 6) is 1.37. The van der Waals surface area contributed by atoms with Gasteiger partial charge in [0, 0.05) is 12.0 Å². The topological polar surface area (TPSA) is 81.8 Å². The lowest BCUT2D eigenvalue weighted by Gasteiger charge is -2.31. The van der Waals surface area contributed by atoms with Crippen molar-refractivity contribution in [3.05, 3.63) is 41.3 Å². The van der Waals surface area contributed by atoms with E-state index < -0.39 is 11.6 Å². The molecule has 1 aromatic heterocycles. The molecule has 1 saturated carbocycles. The van der Waals surface area contributed by atoms with Crippen molar-refractivity contribution in [2.75, 3.05) is 6.61 Å². The molecule has 0 saturated heterocycles. The van der Waals surface area contributed by atoms with Gasteiger partial charge >= 0.3 is 5.97 Å². The van der Waals surface area contributed by atoms with Gasteiger partial charge in [-0.2, -0.15) is 0 Å². The summed E-state index contributed by atoms with van der Waals surface area (Å²) in [4.78, 5) is 16.0. The Morgan fingerprint density at radius 1 is 1.25 bits per heavy atom. The number of aryl methyl sites for hydroxylation is 1. The molecular formula is C26H37NO5. The molecule has 1 aliphatic rings. The smallest absolute Gasteiger partial charge is 0.335 e. The molecule has 3 rings (SSSR count). The molecule has 2 aromatic rings. The van der Waals surface area contributed by atoms with Crippen LogP contribution in [0.2, 0.25) is 0 Å². The highest BCUT2D eigenvalue weighted by Gasteiger charge is 2.31. The summed E-state index contributed by atoms with van der Waals surface area (Å²) in [6.07, 6.45) is 4.86. The minimum atomic E-state index is -1.16. The van der Waals surface area contributed by atoms with Crippen LogP contribution in [-0.2, 0) is 27.3 Å². The molecule has 0 spiro atoms. The molecule has 1 aromatic carbocycles. The molecule has 1 heterocycles. The molecule has 0 amide bonds. The van der Waals surface area contributed by atoms with Gasteiger partial charge in [0.25, 0.3) is 0 Å². The van der Waals surface area contributed by atoms with Crippen LogP contribution in [0.25, 0.3) is 11.5 Å². The van der Waals surface area contributed by atoms with Gasteiger partial charge in [0.05, 0.1) is 19.3 Å². The van der Waals surface area contributed by atoms with Gasteiger partial charge in [0.15, 0.2) is 5.60 Å². The van der Waals surface area contributed by atoms with E-state index in [1.165, 1.54) is 5.56 Å². The Morgan fingerprint density at radius 3 is 2.59 bits per heavy atom. The number of aromatic nitrogens is 1. The van der Waals surface area contributed by atoms with Crippen LogP contribution in [0.1, 0.15) is 83.2 Å². The van der Waals surface area contributed by atoms with Gasteiger partial charge in [0.2, 0.25) is 5.89 Å². The molecule has 0 aliphatic heterocycles. The van der Waals surface area contributed by atoms with E-state index in [0.29, 0.717) is 30.9 Å². The Bertz CT molecular complexity index is 884. The first-order chi connectivity index (χ1) is 15.2. The largest absolute Gasteiger partial charge is 0.479 e. The molecule has 176 valence electrons. The number of oxazole rings is 1. The van der Waals surface area contributed by atoms with Gasteiger partial charge < -0.3 is 19.0 Å². The summed E-state index contributed by atoms with van der Waals surface area (Å²) in [6.45, 7) is 10.5. The SMILES string of the molecule is CCc1oc(-c2ccc(C(C)C)cc2)nc1CO[C@H]1CCCC(COC(C)(C)C(=O)O)C1. The summed E-state index contributed by atoms with van der Waals surface area (Å²) in [5.41, 5.74) is 1.98. The van der Waals surface area contributed by atoms with E-state index in [1.54, 1.807) is 13.8 Å². The summed E-state index contributed by atoms with van der Waals surface area (Å²) in [6, 6.07) is 8.38. The average Bonchev–Trinajstić information content (AvgIpc) is 3.20. The van der Waals surface area contributed by atoms with E-state index in [-0.39, 0.29) is 6.10 Å². The first-order valence-corrected chi connectivity index (χ1v) is 11.8. The Kier molecular flexibility index (Phi) is 8.12. The quantitative estimate of drug-likeness (QED) is 0.486. The summed E-state index contributed by atoms with van der Waals surface area (Å²) >= 11 is 0. The van der Waals surface area contributed by atoms with E-state index >= 15 is 0 Å². The molecule has 32 heavy (non-hydrogen) atoms. The normalized spacial score (nSPS) is 19.4. The number of ether oxygens (including phenoxy) is 2. The highest BCUT2D eigenvalue weighted by Crippen LogP contribution is 2.30. The molecule has 1 aliphatic carbocycles. The number of hydrogen-bond donors (Lipinski definition) is 1. The number of aliphatic carboxylic acids is 1. The predicted octanol–water partition coefficient (Wildman–Crippen LogP) is 5.98. The predicted molar refractivity (Wildman–Crippen MR) is 124 cm³/mol. The molecule has 6 nitrogen and oxygen atoms in total. The van der Waals surface area contributed by atoms with E-state index in [0.717, 1.165) is 49.1 Å². The second kappa shape index (κ2) is 10.6. The fourth-order valence-corrected chi connectivity index (χ4v) is 4.04. The van der Waals surface area contributed by atoms with E-state index in [4.69, 9.17) is 18.9 Å². The molecule has 1 fully saturated rings. The maximum atomic E-state index is 11.3. The molecule has 1 N–H and O–H groups in total. The minimum absolute atomic E-state index is 0.125. The van der Waals surface area contributed by atoms with Crippen LogP contribution in [0.5, 0.6) is 0 Å². The maximum absolute atomic E-state index is 11.3. The second-order valence-corrected chi connectivity index (χ2v) is 9.61. The van der Waals surface area contributed by atoms with E-state index in [9.17, 15) is 9.90 Å². The zero-order valence-corrected chi connectivity index (χ0v) is 20.0. The number of carboxylic acids is 1. The van der Waals surface area contributed by atoms with Crippen molar-refractivity contribution in [1.29, 1.82) is 0 Å². The fraction of sp³-hybridized carbons (Fsp3) is 0.615. The van der Waals surface area contributed by atoms with Gasteiger partial charge in [0.1, 0.15) is 11.5 Å². The third-order valence-corrected chi connectivity index (χ3v) is 6.31. The molecule has 6 heteroatoms. The van der Waals surface area contributed by atoms with Crippen LogP contribution in [-0.4, -0.2) is 34.4 Å². The molecule has 1 unspecified atom stereocenters. The van der Waals surface area contributed by atoms with Gasteiger partial charge in [-0.3, -0.25) is 0 Å². The fourth-order valence-electron chi connectivity index (χ4n) is 4.04. The molecule has 2 atom stereocenters. The molecule has 0 radical (unpaired) electrons. The van der Waals surface area contributed by atoms with Crippen molar-refractivity contribution in [2.45, 2.75) is 91.0 Å².